The molecular weight excluding hydrogens is 233 g/mol. The second-order valence-electron chi connectivity index (χ2n) is 3.97. The van der Waals surface area contributed by atoms with Crippen molar-refractivity contribution < 1.29 is 9.13 Å². The number of hydrogen-bond donors (Lipinski definition) is 1. The highest BCUT2D eigenvalue weighted by Crippen LogP contribution is 2.16. The van der Waals surface area contributed by atoms with Crippen LogP contribution in [0.25, 0.3) is 0 Å². The lowest BCUT2D eigenvalue weighted by Gasteiger charge is -2.09. The van der Waals surface area contributed by atoms with Gasteiger partial charge in [0, 0.05) is 25.0 Å². The van der Waals surface area contributed by atoms with Crippen molar-refractivity contribution in [1.29, 1.82) is 0 Å². The lowest BCUT2D eigenvalue weighted by atomic mass is 10.2. The fourth-order valence-corrected chi connectivity index (χ4v) is 1.70. The molecule has 0 spiro atoms. The molecule has 4 nitrogen and oxygen atoms in total. The summed E-state index contributed by atoms with van der Waals surface area (Å²) in [5.41, 5.74) is 0.870. The third-order valence-corrected chi connectivity index (χ3v) is 2.49. The zero-order chi connectivity index (χ0) is 12.8. The van der Waals surface area contributed by atoms with Crippen molar-refractivity contribution in [1.82, 2.24) is 14.9 Å². The van der Waals surface area contributed by atoms with E-state index in [0.717, 1.165) is 5.56 Å². The number of hydrogen-bond acceptors (Lipinski definition) is 3. The second-order valence-corrected chi connectivity index (χ2v) is 3.97. The maximum Gasteiger partial charge on any atom is 0.127 e. The molecule has 0 saturated carbocycles. The molecule has 2 aromatic rings. The van der Waals surface area contributed by atoms with Crippen molar-refractivity contribution in [3.05, 3.63) is 48.3 Å². The molecule has 1 aromatic carbocycles. The van der Waals surface area contributed by atoms with Gasteiger partial charge in [-0.05, 0) is 24.7 Å². The van der Waals surface area contributed by atoms with Crippen LogP contribution in [0.5, 0.6) is 5.75 Å². The van der Waals surface area contributed by atoms with E-state index in [-0.39, 0.29) is 5.82 Å². The van der Waals surface area contributed by atoms with Gasteiger partial charge in [0.1, 0.15) is 18.2 Å². The summed E-state index contributed by atoms with van der Waals surface area (Å²) in [5, 5.41) is 2.98. The number of nitrogens with one attached hydrogen (secondary N) is 1. The Morgan fingerprint density at radius 2 is 2.28 bits per heavy atom. The van der Waals surface area contributed by atoms with E-state index in [9.17, 15) is 4.39 Å². The number of halogens is 1. The summed E-state index contributed by atoms with van der Waals surface area (Å²) < 4.78 is 20.8. The van der Waals surface area contributed by atoms with Crippen LogP contribution in [-0.2, 0) is 13.1 Å². The van der Waals surface area contributed by atoms with E-state index < -0.39 is 0 Å². The summed E-state index contributed by atoms with van der Waals surface area (Å²) >= 11 is 0. The number of benzene rings is 1. The van der Waals surface area contributed by atoms with Gasteiger partial charge in [0.2, 0.25) is 0 Å². The Hall–Kier alpha value is -1.88. The minimum absolute atomic E-state index is 0.277. The molecule has 96 valence electrons. The first-order chi connectivity index (χ1) is 8.78. The van der Waals surface area contributed by atoms with E-state index in [4.69, 9.17) is 4.74 Å². The normalized spacial score (nSPS) is 10.6. The summed E-state index contributed by atoms with van der Waals surface area (Å²) in [7, 11) is 1.82. The van der Waals surface area contributed by atoms with Crippen LogP contribution in [0.15, 0.2) is 36.9 Å². The number of rotatable bonds is 6. The first-order valence-corrected chi connectivity index (χ1v) is 5.80. The number of imidazole rings is 1. The summed E-state index contributed by atoms with van der Waals surface area (Å²) in [6.45, 7) is 1.80. The molecule has 0 aliphatic heterocycles. The average molecular weight is 249 g/mol. The van der Waals surface area contributed by atoms with Gasteiger partial charge < -0.3 is 14.6 Å². The van der Waals surface area contributed by atoms with Gasteiger partial charge in [-0.3, -0.25) is 0 Å². The SMILES string of the molecule is CNCc1cc(F)cc(OCCn2ccnc2)c1. The first kappa shape index (κ1) is 12.6. The summed E-state index contributed by atoms with van der Waals surface area (Å²) in [6, 6.07) is 4.74. The van der Waals surface area contributed by atoms with Crippen molar-refractivity contribution in [2.24, 2.45) is 0 Å². The van der Waals surface area contributed by atoms with E-state index >= 15 is 0 Å². The molecule has 0 saturated heterocycles. The molecule has 1 N–H and O–H groups in total. The highest BCUT2D eigenvalue weighted by atomic mass is 19.1. The molecule has 0 aliphatic rings. The van der Waals surface area contributed by atoms with Crippen molar-refractivity contribution >= 4 is 0 Å². The van der Waals surface area contributed by atoms with Crippen LogP contribution in [0.2, 0.25) is 0 Å². The van der Waals surface area contributed by atoms with E-state index in [0.29, 0.717) is 25.4 Å². The Balaban J connectivity index is 1.92. The second kappa shape index (κ2) is 6.16. The smallest absolute Gasteiger partial charge is 0.127 e. The van der Waals surface area contributed by atoms with Gasteiger partial charge in [-0.25, -0.2) is 9.37 Å². The average Bonchev–Trinajstić information content (AvgIpc) is 2.82. The third-order valence-electron chi connectivity index (χ3n) is 2.49. The first-order valence-electron chi connectivity index (χ1n) is 5.80. The van der Waals surface area contributed by atoms with E-state index in [1.54, 1.807) is 12.5 Å². The number of nitrogens with zero attached hydrogens (tertiary/aromatic N) is 2. The molecule has 18 heavy (non-hydrogen) atoms. The van der Waals surface area contributed by atoms with Crippen LogP contribution in [0, 0.1) is 5.82 Å². The highest BCUT2D eigenvalue weighted by Gasteiger charge is 2.01. The fraction of sp³-hybridized carbons (Fsp3) is 0.308. The van der Waals surface area contributed by atoms with Gasteiger partial charge >= 0.3 is 0 Å². The Morgan fingerprint density at radius 1 is 1.39 bits per heavy atom. The zero-order valence-corrected chi connectivity index (χ0v) is 10.3. The third kappa shape index (κ3) is 3.56. The highest BCUT2D eigenvalue weighted by molar-refractivity contribution is 5.29. The molecule has 0 amide bonds. The van der Waals surface area contributed by atoms with Gasteiger partial charge in [-0.15, -0.1) is 0 Å². The van der Waals surface area contributed by atoms with Crippen molar-refractivity contribution in [3.63, 3.8) is 0 Å². The summed E-state index contributed by atoms with van der Waals surface area (Å²) in [4.78, 5) is 3.94. The quantitative estimate of drug-likeness (QED) is 0.848. The Kier molecular flexibility index (Phi) is 4.30. The summed E-state index contributed by atoms with van der Waals surface area (Å²) in [6.07, 6.45) is 5.30. The molecule has 0 radical (unpaired) electrons. The molecule has 0 aliphatic carbocycles. The molecule has 0 fully saturated rings. The molecule has 2 rings (SSSR count). The lowest BCUT2D eigenvalue weighted by molar-refractivity contribution is 0.296. The molecular formula is C13H16FN3O. The predicted octanol–water partition coefficient (Wildman–Crippen LogP) is 1.82. The van der Waals surface area contributed by atoms with Gasteiger partial charge in [-0.1, -0.05) is 0 Å². The van der Waals surface area contributed by atoms with Gasteiger partial charge in [0.05, 0.1) is 12.9 Å². The van der Waals surface area contributed by atoms with Crippen LogP contribution in [-0.4, -0.2) is 23.2 Å². The fourth-order valence-electron chi connectivity index (χ4n) is 1.70. The maximum atomic E-state index is 13.3. The van der Waals surface area contributed by atoms with Crippen molar-refractivity contribution in [3.8, 4) is 5.75 Å². The van der Waals surface area contributed by atoms with Crippen LogP contribution < -0.4 is 10.1 Å². The zero-order valence-electron chi connectivity index (χ0n) is 10.3. The Morgan fingerprint density at radius 3 is 3.00 bits per heavy atom. The molecule has 5 heteroatoms. The largest absolute Gasteiger partial charge is 0.492 e. The maximum absolute atomic E-state index is 13.3. The van der Waals surface area contributed by atoms with Crippen LogP contribution in [0.1, 0.15) is 5.56 Å². The standard InChI is InChI=1S/C13H16FN3O/c1-15-9-11-6-12(14)8-13(7-11)18-5-4-17-3-2-16-10-17/h2-3,6-8,10,15H,4-5,9H2,1H3. The molecule has 0 bridgehead atoms. The number of ether oxygens (including phenoxy) is 1. The van der Waals surface area contributed by atoms with Gasteiger partial charge in [0.25, 0.3) is 0 Å². The lowest BCUT2D eigenvalue weighted by Crippen LogP contribution is -2.08. The molecule has 1 heterocycles. The summed E-state index contributed by atoms with van der Waals surface area (Å²) in [5.74, 6) is 0.278. The van der Waals surface area contributed by atoms with Crippen LogP contribution in [0.4, 0.5) is 4.39 Å². The van der Waals surface area contributed by atoms with Gasteiger partial charge in [-0.2, -0.15) is 0 Å². The van der Waals surface area contributed by atoms with E-state index in [2.05, 4.69) is 10.3 Å². The monoisotopic (exact) mass is 249 g/mol. The molecule has 1 aromatic heterocycles. The predicted molar refractivity (Wildman–Crippen MR) is 66.9 cm³/mol. The van der Waals surface area contributed by atoms with E-state index in [1.165, 1.54) is 12.1 Å². The molecule has 0 unspecified atom stereocenters. The Bertz CT molecular complexity index is 485. The minimum Gasteiger partial charge on any atom is -0.492 e. The van der Waals surface area contributed by atoms with Crippen LogP contribution in [0.3, 0.4) is 0 Å². The minimum atomic E-state index is -0.277. The van der Waals surface area contributed by atoms with Crippen molar-refractivity contribution in [2.45, 2.75) is 13.1 Å². The van der Waals surface area contributed by atoms with Crippen molar-refractivity contribution in [2.75, 3.05) is 13.7 Å². The van der Waals surface area contributed by atoms with Crippen LogP contribution >= 0.6 is 0 Å². The molecule has 0 atom stereocenters. The Labute approximate surface area is 105 Å². The van der Waals surface area contributed by atoms with E-state index in [1.807, 2.05) is 23.9 Å². The number of aromatic nitrogens is 2. The topological polar surface area (TPSA) is 39.1 Å². The van der Waals surface area contributed by atoms with Gasteiger partial charge in [0.15, 0.2) is 0 Å².